The molecule has 0 aliphatic heterocycles. The van der Waals surface area contributed by atoms with E-state index in [0.717, 1.165) is 34.9 Å². The molecule has 2 N–H and O–H groups in total. The molecule has 0 unspecified atom stereocenters. The first-order valence-electron chi connectivity index (χ1n) is 8.96. The van der Waals surface area contributed by atoms with Crippen molar-refractivity contribution < 1.29 is 9.13 Å². The first-order chi connectivity index (χ1) is 13.1. The molecule has 3 aromatic rings. The van der Waals surface area contributed by atoms with Crippen LogP contribution in [0.4, 0.5) is 21.8 Å². The minimum Gasteiger partial charge on any atom is -0.494 e. The molecule has 27 heavy (non-hydrogen) atoms. The van der Waals surface area contributed by atoms with Crippen LogP contribution in [-0.2, 0) is 6.42 Å². The second-order valence-corrected chi connectivity index (χ2v) is 6.10. The highest BCUT2D eigenvalue weighted by Crippen LogP contribution is 2.19. The fourth-order valence-corrected chi connectivity index (χ4v) is 2.63. The molecule has 0 radical (unpaired) electrons. The normalized spacial score (nSPS) is 10.5. The topological polar surface area (TPSA) is 59.1 Å². The van der Waals surface area contributed by atoms with Crippen LogP contribution in [0.25, 0.3) is 0 Å². The third-order valence-corrected chi connectivity index (χ3v) is 3.91. The van der Waals surface area contributed by atoms with Gasteiger partial charge in [0, 0.05) is 24.0 Å². The maximum Gasteiger partial charge on any atom is 0.229 e. The van der Waals surface area contributed by atoms with Crippen molar-refractivity contribution in [3.8, 4) is 5.75 Å². The molecule has 140 valence electrons. The van der Waals surface area contributed by atoms with Gasteiger partial charge in [0.15, 0.2) is 0 Å². The lowest BCUT2D eigenvalue weighted by Crippen LogP contribution is -2.08. The smallest absolute Gasteiger partial charge is 0.229 e. The first-order valence-corrected chi connectivity index (χ1v) is 8.96. The number of aryl methyl sites for hydroxylation is 1. The van der Waals surface area contributed by atoms with E-state index in [1.807, 2.05) is 44.2 Å². The van der Waals surface area contributed by atoms with Crippen molar-refractivity contribution in [1.82, 2.24) is 9.97 Å². The van der Waals surface area contributed by atoms with E-state index in [0.29, 0.717) is 19.1 Å². The number of ether oxygens (including phenoxy) is 1. The molecule has 0 saturated heterocycles. The van der Waals surface area contributed by atoms with E-state index in [1.54, 1.807) is 12.1 Å². The number of aromatic nitrogens is 2. The van der Waals surface area contributed by atoms with Crippen molar-refractivity contribution >= 4 is 17.5 Å². The SMILES string of the molecule is CCOc1ccc(Nc2nc(C)cc(NCCc3ccc(F)cc3)n2)cc1. The fourth-order valence-electron chi connectivity index (χ4n) is 2.63. The van der Waals surface area contributed by atoms with E-state index in [4.69, 9.17) is 4.74 Å². The van der Waals surface area contributed by atoms with E-state index in [2.05, 4.69) is 20.6 Å². The minimum absolute atomic E-state index is 0.219. The van der Waals surface area contributed by atoms with Gasteiger partial charge in [-0.1, -0.05) is 12.1 Å². The summed E-state index contributed by atoms with van der Waals surface area (Å²) in [6.45, 7) is 5.22. The molecule has 6 heteroatoms. The summed E-state index contributed by atoms with van der Waals surface area (Å²) in [5, 5.41) is 6.51. The lowest BCUT2D eigenvalue weighted by Gasteiger charge is -2.11. The third kappa shape index (κ3) is 5.67. The van der Waals surface area contributed by atoms with E-state index in [9.17, 15) is 4.39 Å². The van der Waals surface area contributed by atoms with Gasteiger partial charge in [0.05, 0.1) is 6.61 Å². The highest BCUT2D eigenvalue weighted by Gasteiger charge is 2.04. The maximum atomic E-state index is 13.0. The molecule has 0 amide bonds. The van der Waals surface area contributed by atoms with Crippen molar-refractivity contribution in [3.63, 3.8) is 0 Å². The van der Waals surface area contributed by atoms with Crippen LogP contribution in [0.3, 0.4) is 0 Å². The number of hydrogen-bond donors (Lipinski definition) is 2. The number of benzene rings is 2. The molecule has 0 fully saturated rings. The quantitative estimate of drug-likeness (QED) is 0.604. The third-order valence-electron chi connectivity index (χ3n) is 3.91. The molecule has 0 bridgehead atoms. The van der Waals surface area contributed by atoms with Crippen LogP contribution in [0, 0.1) is 12.7 Å². The van der Waals surface area contributed by atoms with Crippen LogP contribution in [0.1, 0.15) is 18.2 Å². The summed E-state index contributed by atoms with van der Waals surface area (Å²) in [6, 6.07) is 16.1. The van der Waals surface area contributed by atoms with Crippen molar-refractivity contribution in [1.29, 1.82) is 0 Å². The molecule has 0 spiro atoms. The van der Waals surface area contributed by atoms with E-state index in [-0.39, 0.29) is 5.82 Å². The van der Waals surface area contributed by atoms with Gasteiger partial charge in [-0.3, -0.25) is 0 Å². The van der Waals surface area contributed by atoms with E-state index >= 15 is 0 Å². The molecule has 0 saturated carbocycles. The Labute approximate surface area is 158 Å². The van der Waals surface area contributed by atoms with Crippen LogP contribution in [-0.4, -0.2) is 23.1 Å². The second kappa shape index (κ2) is 8.98. The summed E-state index contributed by atoms with van der Waals surface area (Å²) in [5.74, 6) is 1.89. The monoisotopic (exact) mass is 366 g/mol. The van der Waals surface area contributed by atoms with Gasteiger partial charge >= 0.3 is 0 Å². The summed E-state index contributed by atoms with van der Waals surface area (Å²) < 4.78 is 18.4. The zero-order valence-corrected chi connectivity index (χ0v) is 15.5. The van der Waals surface area contributed by atoms with Gasteiger partial charge in [0.2, 0.25) is 5.95 Å². The predicted molar refractivity (Wildman–Crippen MR) is 106 cm³/mol. The van der Waals surface area contributed by atoms with Crippen LogP contribution in [0.5, 0.6) is 5.75 Å². The van der Waals surface area contributed by atoms with Gasteiger partial charge < -0.3 is 15.4 Å². The zero-order valence-electron chi connectivity index (χ0n) is 15.5. The average molecular weight is 366 g/mol. The maximum absolute atomic E-state index is 13.0. The Morgan fingerprint density at radius 2 is 1.74 bits per heavy atom. The summed E-state index contributed by atoms with van der Waals surface area (Å²) in [4.78, 5) is 8.94. The molecule has 5 nitrogen and oxygen atoms in total. The highest BCUT2D eigenvalue weighted by atomic mass is 19.1. The van der Waals surface area contributed by atoms with E-state index in [1.165, 1.54) is 12.1 Å². The first kappa shape index (κ1) is 18.6. The summed E-state index contributed by atoms with van der Waals surface area (Å²) in [5.41, 5.74) is 2.83. The Balaban J connectivity index is 1.60. The molecular formula is C21H23FN4O. The molecule has 3 rings (SSSR count). The van der Waals surface area contributed by atoms with Gasteiger partial charge in [-0.05, 0) is 62.2 Å². The summed E-state index contributed by atoms with van der Waals surface area (Å²) >= 11 is 0. The second-order valence-electron chi connectivity index (χ2n) is 6.10. The van der Waals surface area contributed by atoms with Crippen LogP contribution in [0.15, 0.2) is 54.6 Å². The Bertz CT molecular complexity index is 866. The largest absolute Gasteiger partial charge is 0.494 e. The molecule has 0 aliphatic rings. The van der Waals surface area contributed by atoms with Gasteiger partial charge in [-0.2, -0.15) is 4.98 Å². The number of nitrogens with one attached hydrogen (secondary N) is 2. The Kier molecular flexibility index (Phi) is 6.20. The standard InChI is InChI=1S/C21H23FN4O/c1-3-27-19-10-8-18(9-11-19)25-21-24-15(2)14-20(26-21)23-13-12-16-4-6-17(22)7-5-16/h4-11,14H,3,12-13H2,1-2H3,(H2,23,24,25,26). The highest BCUT2D eigenvalue weighted by molar-refractivity contribution is 5.56. The predicted octanol–water partition coefficient (Wildman–Crippen LogP) is 4.72. The minimum atomic E-state index is -0.219. The van der Waals surface area contributed by atoms with Crippen LogP contribution < -0.4 is 15.4 Å². The van der Waals surface area contributed by atoms with Gasteiger partial charge in [-0.15, -0.1) is 0 Å². The molecule has 1 aromatic heterocycles. The van der Waals surface area contributed by atoms with Gasteiger partial charge in [0.25, 0.3) is 0 Å². The number of anilines is 3. The Morgan fingerprint density at radius 3 is 2.44 bits per heavy atom. The molecule has 0 aliphatic carbocycles. The number of hydrogen-bond acceptors (Lipinski definition) is 5. The number of rotatable bonds is 8. The van der Waals surface area contributed by atoms with Gasteiger partial charge in [-0.25, -0.2) is 9.37 Å². The van der Waals surface area contributed by atoms with E-state index < -0.39 is 0 Å². The molecule has 0 atom stereocenters. The van der Waals surface area contributed by atoms with Crippen LogP contribution in [0.2, 0.25) is 0 Å². The van der Waals surface area contributed by atoms with Crippen molar-refractivity contribution in [2.24, 2.45) is 0 Å². The van der Waals surface area contributed by atoms with Gasteiger partial charge in [0.1, 0.15) is 17.4 Å². The van der Waals surface area contributed by atoms with Crippen LogP contribution >= 0.6 is 0 Å². The van der Waals surface area contributed by atoms with Crippen molar-refractivity contribution in [2.75, 3.05) is 23.8 Å². The molecule has 2 aromatic carbocycles. The Hall–Kier alpha value is -3.15. The fraction of sp³-hybridized carbons (Fsp3) is 0.238. The number of halogens is 1. The zero-order chi connectivity index (χ0) is 19.1. The summed E-state index contributed by atoms with van der Waals surface area (Å²) in [7, 11) is 0. The average Bonchev–Trinajstić information content (AvgIpc) is 2.65. The lowest BCUT2D eigenvalue weighted by atomic mass is 10.1. The van der Waals surface area contributed by atoms with Crippen molar-refractivity contribution in [3.05, 3.63) is 71.7 Å². The van der Waals surface area contributed by atoms with Crippen molar-refractivity contribution in [2.45, 2.75) is 20.3 Å². The molecular weight excluding hydrogens is 343 g/mol. The Morgan fingerprint density at radius 1 is 1.00 bits per heavy atom. The summed E-state index contributed by atoms with van der Waals surface area (Å²) in [6.07, 6.45) is 0.783. The lowest BCUT2D eigenvalue weighted by molar-refractivity contribution is 0.340. The molecule has 1 heterocycles. The number of nitrogens with zero attached hydrogens (tertiary/aromatic N) is 2.